The number of aliphatic imine (C=N–C) groups is 3. The van der Waals surface area contributed by atoms with Crippen molar-refractivity contribution in [2.24, 2.45) is 15.0 Å². The Morgan fingerprint density at radius 2 is 1.16 bits per heavy atom. The normalized spacial score (nSPS) is 12.0. The number of nitrogens with one attached hydrogen (secondary N) is 1. The van der Waals surface area contributed by atoms with E-state index >= 15 is 0 Å². The second kappa shape index (κ2) is 16.4. The molecule has 1 amide bonds. The zero-order chi connectivity index (χ0) is 32.8. The van der Waals surface area contributed by atoms with Crippen LogP contribution in [-0.2, 0) is 44.7 Å². The molecule has 3 aromatic carbocycles. The molecule has 0 radical (unpaired) electrons. The molecule has 0 aliphatic rings. The van der Waals surface area contributed by atoms with Crippen molar-refractivity contribution < 1.29 is 47.8 Å². The second-order valence-electron chi connectivity index (χ2n) is 9.13. The lowest BCUT2D eigenvalue weighted by atomic mass is 10.0. The van der Waals surface area contributed by atoms with Gasteiger partial charge in [0.1, 0.15) is 11.8 Å². The third-order valence-corrected chi connectivity index (χ3v) is 5.94. The maximum atomic E-state index is 13.2. The number of hydrogen-bond acceptors (Lipinski definition) is 13. The molecule has 1 N–H and O–H groups in total. The van der Waals surface area contributed by atoms with Crippen LogP contribution in [0.15, 0.2) is 87.8 Å². The van der Waals surface area contributed by atoms with Crippen LogP contribution < -0.4 is 10.1 Å². The van der Waals surface area contributed by atoms with Crippen LogP contribution in [0.3, 0.4) is 0 Å². The number of rotatable bonds is 13. The number of carbonyl (C=O) groups is 4. The highest BCUT2D eigenvalue weighted by molar-refractivity contribution is 5.93. The van der Waals surface area contributed by atoms with Crippen LogP contribution in [0, 0.1) is 0 Å². The minimum absolute atomic E-state index is 0.0759. The molecule has 228 valence electrons. The summed E-state index contributed by atoms with van der Waals surface area (Å²) in [5.74, 6) is -3.53. The predicted octanol–water partition coefficient (Wildman–Crippen LogP) is 3.40. The van der Waals surface area contributed by atoms with Gasteiger partial charge in [-0.15, -0.1) is 0 Å². The SMILES string of the molecule is CC(OC(=O)c1ccc(N=C=O)cc1)C(=O)NC(Cc1ccc(N=C=O)cc1)C(=O)OC(C)C(=O)Oc1ccc(N=C=O)cc1. The molecule has 0 aliphatic heterocycles. The third-order valence-electron chi connectivity index (χ3n) is 5.94. The maximum absolute atomic E-state index is 13.2. The summed E-state index contributed by atoms with van der Waals surface area (Å²) in [6.45, 7) is 2.56. The van der Waals surface area contributed by atoms with E-state index in [-0.39, 0.29) is 29.1 Å². The minimum atomic E-state index is -1.41. The van der Waals surface area contributed by atoms with E-state index in [0.717, 1.165) is 0 Å². The fourth-order valence-corrected chi connectivity index (χ4v) is 3.63. The summed E-state index contributed by atoms with van der Waals surface area (Å²) in [5, 5.41) is 2.47. The zero-order valence-corrected chi connectivity index (χ0v) is 23.8. The molecule has 0 aromatic heterocycles. The van der Waals surface area contributed by atoms with Gasteiger partial charge < -0.3 is 19.5 Å². The maximum Gasteiger partial charge on any atom is 0.352 e. The number of hydrogen-bond donors (Lipinski definition) is 1. The third kappa shape index (κ3) is 10.2. The van der Waals surface area contributed by atoms with E-state index in [1.807, 2.05) is 0 Å². The van der Waals surface area contributed by atoms with Gasteiger partial charge in [-0.2, -0.15) is 15.0 Å². The van der Waals surface area contributed by atoms with Gasteiger partial charge in [0.15, 0.2) is 12.2 Å². The van der Waals surface area contributed by atoms with Crippen LogP contribution >= 0.6 is 0 Å². The Balaban J connectivity index is 1.71. The predicted molar refractivity (Wildman–Crippen MR) is 154 cm³/mol. The number of esters is 3. The monoisotopic (exact) mass is 612 g/mol. The first-order chi connectivity index (χ1) is 21.6. The average Bonchev–Trinajstić information content (AvgIpc) is 3.03. The number of amides is 1. The largest absolute Gasteiger partial charge is 0.449 e. The molecule has 45 heavy (non-hydrogen) atoms. The molecule has 0 aliphatic carbocycles. The van der Waals surface area contributed by atoms with Crippen LogP contribution in [0.2, 0.25) is 0 Å². The summed E-state index contributed by atoms with van der Waals surface area (Å²) < 4.78 is 15.7. The minimum Gasteiger partial charge on any atom is -0.449 e. The summed E-state index contributed by atoms with van der Waals surface area (Å²) in [7, 11) is 0. The number of isocyanates is 3. The topological polar surface area (TPSA) is 196 Å². The highest BCUT2D eigenvalue weighted by Gasteiger charge is 2.30. The van der Waals surface area contributed by atoms with E-state index in [4.69, 9.17) is 14.2 Å². The zero-order valence-electron chi connectivity index (χ0n) is 23.8. The van der Waals surface area contributed by atoms with Crippen molar-refractivity contribution in [2.45, 2.75) is 38.5 Å². The van der Waals surface area contributed by atoms with Crippen LogP contribution in [0.5, 0.6) is 5.75 Å². The molecule has 0 heterocycles. The van der Waals surface area contributed by atoms with Crippen molar-refractivity contribution >= 4 is 59.1 Å². The molecule has 14 nitrogen and oxygen atoms in total. The smallest absolute Gasteiger partial charge is 0.352 e. The van der Waals surface area contributed by atoms with E-state index in [1.165, 1.54) is 92.8 Å². The molecule has 0 fully saturated rings. The Kier molecular flexibility index (Phi) is 12.1. The standard InChI is InChI=1S/C31H24N4O10/c1-19(43-30(41)22-5-9-24(10-6-22)33-17-37)28(39)35-27(15-21-3-7-23(8-4-21)32-16-36)31(42)44-20(2)29(40)45-26-13-11-25(12-14-26)34-18-38/h3-14,19-20,27H,15H2,1-2H3,(H,35,39). The van der Waals surface area contributed by atoms with Gasteiger partial charge in [-0.05, 0) is 80.1 Å². The number of benzene rings is 3. The molecule has 3 unspecified atom stereocenters. The Hall–Kier alpha value is -6.32. The van der Waals surface area contributed by atoms with Crippen molar-refractivity contribution in [1.82, 2.24) is 5.32 Å². The van der Waals surface area contributed by atoms with Crippen LogP contribution in [0.4, 0.5) is 17.1 Å². The van der Waals surface area contributed by atoms with Gasteiger partial charge in [-0.3, -0.25) is 4.79 Å². The Labute approximate surface area is 255 Å². The second-order valence-corrected chi connectivity index (χ2v) is 9.13. The van der Waals surface area contributed by atoms with Gasteiger partial charge in [-0.1, -0.05) is 12.1 Å². The molecule has 0 saturated carbocycles. The summed E-state index contributed by atoms with van der Waals surface area (Å²) >= 11 is 0. The fourth-order valence-electron chi connectivity index (χ4n) is 3.63. The highest BCUT2D eigenvalue weighted by atomic mass is 16.6. The first-order valence-corrected chi connectivity index (χ1v) is 13.1. The Morgan fingerprint density at radius 1 is 0.667 bits per heavy atom. The van der Waals surface area contributed by atoms with Crippen LogP contribution in [-0.4, -0.2) is 60.3 Å². The van der Waals surface area contributed by atoms with Crippen molar-refractivity contribution in [1.29, 1.82) is 0 Å². The molecule has 0 saturated heterocycles. The summed E-state index contributed by atoms with van der Waals surface area (Å²) in [6.07, 6.45) is 1.29. The van der Waals surface area contributed by atoms with E-state index in [2.05, 4.69) is 20.3 Å². The van der Waals surface area contributed by atoms with Crippen LogP contribution in [0.1, 0.15) is 29.8 Å². The van der Waals surface area contributed by atoms with Gasteiger partial charge in [0.25, 0.3) is 5.91 Å². The van der Waals surface area contributed by atoms with E-state index in [9.17, 15) is 33.6 Å². The Bertz CT molecular complexity index is 1690. The lowest BCUT2D eigenvalue weighted by Crippen LogP contribution is -2.48. The van der Waals surface area contributed by atoms with E-state index in [1.54, 1.807) is 12.1 Å². The first kappa shape index (κ1) is 33.2. The highest BCUT2D eigenvalue weighted by Crippen LogP contribution is 2.19. The Morgan fingerprint density at radius 3 is 1.67 bits per heavy atom. The van der Waals surface area contributed by atoms with Crippen molar-refractivity contribution in [3.8, 4) is 5.75 Å². The molecule has 3 rings (SSSR count). The van der Waals surface area contributed by atoms with Gasteiger partial charge in [0.2, 0.25) is 18.2 Å². The van der Waals surface area contributed by atoms with E-state index < -0.39 is 42.1 Å². The van der Waals surface area contributed by atoms with Crippen molar-refractivity contribution in [3.63, 3.8) is 0 Å². The average molecular weight is 613 g/mol. The number of nitrogens with zero attached hydrogens (tertiary/aromatic N) is 3. The summed E-state index contributed by atoms with van der Waals surface area (Å²) in [4.78, 5) is 92.9. The fraction of sp³-hybridized carbons (Fsp3) is 0.194. The first-order valence-electron chi connectivity index (χ1n) is 13.1. The molecule has 3 aromatic rings. The molecule has 0 spiro atoms. The molecular weight excluding hydrogens is 588 g/mol. The molecular formula is C31H24N4O10. The van der Waals surface area contributed by atoms with Gasteiger partial charge in [-0.25, -0.2) is 28.8 Å². The van der Waals surface area contributed by atoms with Crippen molar-refractivity contribution in [3.05, 3.63) is 83.9 Å². The van der Waals surface area contributed by atoms with Gasteiger partial charge >= 0.3 is 17.9 Å². The summed E-state index contributed by atoms with van der Waals surface area (Å²) in [6, 6.07) is 15.8. The lowest BCUT2D eigenvalue weighted by molar-refractivity contribution is -0.163. The van der Waals surface area contributed by atoms with Crippen LogP contribution in [0.25, 0.3) is 0 Å². The number of carbonyl (C=O) groups excluding carboxylic acids is 7. The quantitative estimate of drug-likeness (QED) is 0.129. The molecule has 14 heteroatoms. The molecule has 3 atom stereocenters. The summed E-state index contributed by atoms with van der Waals surface area (Å²) in [5.41, 5.74) is 1.46. The molecule has 0 bridgehead atoms. The van der Waals surface area contributed by atoms with Crippen molar-refractivity contribution in [2.75, 3.05) is 0 Å². The van der Waals surface area contributed by atoms with E-state index in [0.29, 0.717) is 11.3 Å². The number of ether oxygens (including phenoxy) is 3. The lowest BCUT2D eigenvalue weighted by Gasteiger charge is -2.22. The van der Waals surface area contributed by atoms with Gasteiger partial charge in [0.05, 0.1) is 22.6 Å². The van der Waals surface area contributed by atoms with Gasteiger partial charge in [0, 0.05) is 6.42 Å².